The van der Waals surface area contributed by atoms with Crippen LogP contribution in [0.3, 0.4) is 0 Å². The first-order chi connectivity index (χ1) is 9.22. The van der Waals surface area contributed by atoms with Crippen LogP contribution in [0, 0.1) is 0 Å². The van der Waals surface area contributed by atoms with E-state index < -0.39 is 0 Å². The van der Waals surface area contributed by atoms with E-state index >= 15 is 0 Å². The molecule has 1 aromatic heterocycles. The van der Waals surface area contributed by atoms with Gasteiger partial charge in [-0.25, -0.2) is 4.98 Å². The van der Waals surface area contributed by atoms with E-state index in [9.17, 15) is 0 Å². The lowest BCUT2D eigenvalue weighted by molar-refractivity contribution is 0.0186. The Morgan fingerprint density at radius 1 is 1.40 bits per heavy atom. The minimum Gasteiger partial charge on any atom is -0.378 e. The van der Waals surface area contributed by atoms with Gasteiger partial charge in [-0.05, 0) is 31.9 Å². The van der Waals surface area contributed by atoms with Gasteiger partial charge in [-0.2, -0.15) is 0 Å². The van der Waals surface area contributed by atoms with Crippen molar-refractivity contribution in [3.8, 4) is 11.3 Å². The van der Waals surface area contributed by atoms with Crippen molar-refractivity contribution in [2.24, 2.45) is 0 Å². The molecule has 20 heavy (non-hydrogen) atoms. The van der Waals surface area contributed by atoms with E-state index in [1.807, 2.05) is 6.07 Å². The summed E-state index contributed by atoms with van der Waals surface area (Å²) in [7, 11) is 0. The lowest BCUT2D eigenvalue weighted by atomic mass is 9.97. The zero-order chi connectivity index (χ0) is 13.2. The van der Waals surface area contributed by atoms with E-state index in [0.29, 0.717) is 12.0 Å². The maximum Gasteiger partial charge on any atom is 0.0965 e. The van der Waals surface area contributed by atoms with Crippen molar-refractivity contribution < 1.29 is 4.74 Å². The van der Waals surface area contributed by atoms with Crippen LogP contribution >= 0.6 is 44.2 Å². The van der Waals surface area contributed by atoms with Gasteiger partial charge >= 0.3 is 0 Å². The third-order valence-electron chi connectivity index (χ3n) is 3.48. The predicted molar refractivity (Wildman–Crippen MR) is 93.0 cm³/mol. The van der Waals surface area contributed by atoms with Gasteiger partial charge in [0.05, 0.1) is 16.8 Å². The molecule has 0 amide bonds. The van der Waals surface area contributed by atoms with Gasteiger partial charge in [-0.1, -0.05) is 28.1 Å². The molecule has 0 radical (unpaired) electrons. The first-order valence-corrected chi connectivity index (χ1v) is 8.22. The normalized spacial score (nSPS) is 22.3. The fourth-order valence-electron chi connectivity index (χ4n) is 2.48. The summed E-state index contributed by atoms with van der Waals surface area (Å²) in [5, 5.41) is 3.42. The van der Waals surface area contributed by atoms with Gasteiger partial charge in [0.2, 0.25) is 0 Å². The summed E-state index contributed by atoms with van der Waals surface area (Å²) >= 11 is 5.29. The van der Waals surface area contributed by atoms with Gasteiger partial charge in [0.15, 0.2) is 0 Å². The van der Waals surface area contributed by atoms with Crippen LogP contribution in [0.5, 0.6) is 0 Å². The summed E-state index contributed by atoms with van der Waals surface area (Å²) in [5.41, 5.74) is 2.26. The number of benzene rings is 1. The van der Waals surface area contributed by atoms with Gasteiger partial charge in [-0.3, -0.25) is 0 Å². The first kappa shape index (κ1) is 16.1. The topological polar surface area (TPSA) is 22.1 Å². The van der Waals surface area contributed by atoms with Crippen molar-refractivity contribution in [1.82, 2.24) is 4.98 Å². The Balaban J connectivity index is 0.00000147. The lowest BCUT2D eigenvalue weighted by Crippen LogP contribution is -2.21. The summed E-state index contributed by atoms with van der Waals surface area (Å²) in [6.07, 6.45) is 2.54. The molecule has 0 bridgehead atoms. The summed E-state index contributed by atoms with van der Waals surface area (Å²) in [6, 6.07) is 8.31. The maximum absolute atomic E-state index is 5.61. The van der Waals surface area contributed by atoms with Crippen molar-refractivity contribution in [2.75, 3.05) is 6.61 Å². The number of hydrogen-bond donors (Lipinski definition) is 0. The molecule has 0 spiro atoms. The molecule has 5 heteroatoms. The molecule has 1 saturated heterocycles. The van der Waals surface area contributed by atoms with Crippen molar-refractivity contribution >= 4 is 44.2 Å². The highest BCUT2D eigenvalue weighted by Gasteiger charge is 2.23. The smallest absolute Gasteiger partial charge is 0.0965 e. The molecule has 0 saturated carbocycles. The summed E-state index contributed by atoms with van der Waals surface area (Å²) < 4.78 is 6.70. The Kier molecular flexibility index (Phi) is 5.78. The number of thiazole rings is 1. The van der Waals surface area contributed by atoms with Crippen molar-refractivity contribution in [3.05, 3.63) is 39.1 Å². The second-order valence-electron chi connectivity index (χ2n) is 4.98. The Labute approximate surface area is 142 Å². The Morgan fingerprint density at radius 2 is 2.25 bits per heavy atom. The number of ether oxygens (including phenoxy) is 1. The number of aromatic nitrogens is 1. The number of rotatable bonds is 2. The van der Waals surface area contributed by atoms with E-state index in [2.05, 4.69) is 46.4 Å². The van der Waals surface area contributed by atoms with Crippen LogP contribution in [0.15, 0.2) is 34.1 Å². The SMILES string of the molecule is Br.CC1CC(c2nc(-c3cccc(Br)c3)cs2)CCO1. The van der Waals surface area contributed by atoms with E-state index in [1.54, 1.807) is 11.3 Å². The molecule has 2 nitrogen and oxygen atoms in total. The van der Waals surface area contributed by atoms with Crippen LogP contribution in [-0.4, -0.2) is 17.7 Å². The molecule has 2 atom stereocenters. The van der Waals surface area contributed by atoms with Crippen molar-refractivity contribution in [1.29, 1.82) is 0 Å². The molecule has 1 aliphatic heterocycles. The second-order valence-corrected chi connectivity index (χ2v) is 6.79. The van der Waals surface area contributed by atoms with Crippen LogP contribution < -0.4 is 0 Å². The zero-order valence-corrected chi connectivity index (χ0v) is 15.3. The Bertz CT molecular complexity index is 573. The van der Waals surface area contributed by atoms with Crippen LogP contribution in [0.1, 0.15) is 30.7 Å². The second kappa shape index (κ2) is 7.16. The average Bonchev–Trinajstić information content (AvgIpc) is 2.88. The molecule has 0 N–H and O–H groups in total. The molecule has 108 valence electrons. The number of halogens is 2. The van der Waals surface area contributed by atoms with Crippen LogP contribution in [0.2, 0.25) is 0 Å². The van der Waals surface area contributed by atoms with E-state index in [4.69, 9.17) is 9.72 Å². The van der Waals surface area contributed by atoms with Gasteiger partial charge in [0.25, 0.3) is 0 Å². The van der Waals surface area contributed by atoms with E-state index in [0.717, 1.165) is 29.6 Å². The maximum atomic E-state index is 5.61. The molecule has 1 aliphatic rings. The standard InChI is InChI=1S/C15H16BrNOS.BrH/c1-10-7-12(5-6-18-10)15-17-14(9-19-15)11-3-2-4-13(16)8-11;/h2-4,8-10,12H,5-7H2,1H3;1H. The van der Waals surface area contributed by atoms with Crippen LogP contribution in [-0.2, 0) is 4.74 Å². The van der Waals surface area contributed by atoms with E-state index in [1.165, 1.54) is 10.6 Å². The van der Waals surface area contributed by atoms with Gasteiger partial charge < -0.3 is 4.74 Å². The molecule has 0 aliphatic carbocycles. The number of hydrogen-bond acceptors (Lipinski definition) is 3. The monoisotopic (exact) mass is 417 g/mol. The minimum atomic E-state index is 0. The molecular weight excluding hydrogens is 402 g/mol. The molecule has 2 unspecified atom stereocenters. The molecule has 2 aromatic rings. The molecular formula is C15H17Br2NOS. The van der Waals surface area contributed by atoms with Crippen molar-refractivity contribution in [2.45, 2.75) is 31.8 Å². The zero-order valence-electron chi connectivity index (χ0n) is 11.2. The van der Waals surface area contributed by atoms with Crippen LogP contribution in [0.25, 0.3) is 11.3 Å². The summed E-state index contributed by atoms with van der Waals surface area (Å²) in [4.78, 5) is 4.82. The number of nitrogens with zero attached hydrogens (tertiary/aromatic N) is 1. The molecule has 3 rings (SSSR count). The minimum absolute atomic E-state index is 0. The Hall–Kier alpha value is -0.230. The highest BCUT2D eigenvalue weighted by molar-refractivity contribution is 9.10. The third kappa shape index (κ3) is 3.70. The fraction of sp³-hybridized carbons (Fsp3) is 0.400. The third-order valence-corrected chi connectivity index (χ3v) is 4.98. The quantitative estimate of drug-likeness (QED) is 0.648. The largest absolute Gasteiger partial charge is 0.378 e. The van der Waals surface area contributed by atoms with Crippen molar-refractivity contribution in [3.63, 3.8) is 0 Å². The lowest BCUT2D eigenvalue weighted by Gasteiger charge is -2.25. The van der Waals surface area contributed by atoms with Gasteiger partial charge in [0, 0.05) is 27.9 Å². The average molecular weight is 419 g/mol. The first-order valence-electron chi connectivity index (χ1n) is 6.55. The molecule has 1 fully saturated rings. The molecule has 2 heterocycles. The fourth-order valence-corrected chi connectivity index (χ4v) is 3.86. The molecule has 1 aromatic carbocycles. The predicted octanol–water partition coefficient (Wildman–Crippen LogP) is 5.43. The summed E-state index contributed by atoms with van der Waals surface area (Å²) in [5.74, 6) is 0.564. The van der Waals surface area contributed by atoms with Gasteiger partial charge in [0.1, 0.15) is 0 Å². The van der Waals surface area contributed by atoms with Crippen LogP contribution in [0.4, 0.5) is 0 Å². The van der Waals surface area contributed by atoms with Gasteiger partial charge in [-0.15, -0.1) is 28.3 Å². The highest BCUT2D eigenvalue weighted by atomic mass is 79.9. The Morgan fingerprint density at radius 3 is 3.00 bits per heavy atom. The van der Waals surface area contributed by atoms with E-state index in [-0.39, 0.29) is 17.0 Å². The summed E-state index contributed by atoms with van der Waals surface area (Å²) in [6.45, 7) is 3.01. The highest BCUT2D eigenvalue weighted by Crippen LogP contribution is 2.34.